The highest BCUT2D eigenvalue weighted by Gasteiger charge is 2.36. The normalized spacial score (nSPS) is 25.6. The summed E-state index contributed by atoms with van der Waals surface area (Å²) in [6, 6.07) is 5.59. The van der Waals surface area contributed by atoms with Crippen molar-refractivity contribution in [3.63, 3.8) is 0 Å². The van der Waals surface area contributed by atoms with Gasteiger partial charge < -0.3 is 10.1 Å². The van der Waals surface area contributed by atoms with Crippen LogP contribution in [0.3, 0.4) is 0 Å². The lowest BCUT2D eigenvalue weighted by molar-refractivity contribution is -0.142. The van der Waals surface area contributed by atoms with Gasteiger partial charge in [-0.1, -0.05) is 0 Å². The molecular weight excluding hydrogens is 268 g/mol. The molecule has 1 aromatic heterocycles. The third-order valence-corrected chi connectivity index (χ3v) is 4.13. The fraction of sp³-hybridized carbons (Fsp3) is 0.533. The number of carbonyl (C=O) groups excluding carboxylic acids is 1. The Kier molecular flexibility index (Phi) is 4.02. The summed E-state index contributed by atoms with van der Waals surface area (Å²) in [5, 5.41) is 12.0. The molecule has 6 nitrogen and oxygen atoms in total. The Balaban J connectivity index is 1.48. The van der Waals surface area contributed by atoms with E-state index in [-0.39, 0.29) is 12.0 Å². The zero-order valence-electron chi connectivity index (χ0n) is 11.8. The van der Waals surface area contributed by atoms with E-state index in [9.17, 15) is 4.79 Å². The van der Waals surface area contributed by atoms with Gasteiger partial charge in [-0.25, -0.2) is 4.98 Å². The molecule has 1 N–H and O–H groups in total. The van der Waals surface area contributed by atoms with Crippen molar-refractivity contribution in [1.82, 2.24) is 9.88 Å². The van der Waals surface area contributed by atoms with Gasteiger partial charge in [0.25, 0.3) is 0 Å². The molecule has 3 heterocycles. The summed E-state index contributed by atoms with van der Waals surface area (Å²) >= 11 is 0. The first-order valence-electron chi connectivity index (χ1n) is 7.27. The Hall–Kier alpha value is -2.13. The Labute approximate surface area is 123 Å². The molecule has 2 aliphatic rings. The van der Waals surface area contributed by atoms with Crippen molar-refractivity contribution in [3.05, 3.63) is 23.9 Å². The Morgan fingerprint density at radius 1 is 1.48 bits per heavy atom. The van der Waals surface area contributed by atoms with Crippen LogP contribution < -0.4 is 5.32 Å². The van der Waals surface area contributed by atoms with Crippen LogP contribution in [0.4, 0.5) is 5.82 Å². The third kappa shape index (κ3) is 3.14. The predicted octanol–water partition coefficient (Wildman–Crippen LogP) is 1.00. The molecule has 0 bridgehead atoms. The van der Waals surface area contributed by atoms with Gasteiger partial charge in [-0.3, -0.25) is 9.69 Å². The fourth-order valence-corrected chi connectivity index (χ4v) is 2.94. The van der Waals surface area contributed by atoms with Gasteiger partial charge in [-0.05, 0) is 31.0 Å². The van der Waals surface area contributed by atoms with Crippen molar-refractivity contribution in [2.24, 2.45) is 5.92 Å². The molecule has 0 radical (unpaired) electrons. The largest absolute Gasteiger partial charge is 0.464 e. The molecule has 1 aromatic rings. The molecule has 3 rings (SSSR count). The summed E-state index contributed by atoms with van der Waals surface area (Å²) in [4.78, 5) is 18.0. The van der Waals surface area contributed by atoms with Gasteiger partial charge in [0.05, 0.1) is 12.2 Å². The van der Waals surface area contributed by atoms with Gasteiger partial charge in [0.2, 0.25) is 0 Å². The molecule has 2 aliphatic heterocycles. The van der Waals surface area contributed by atoms with Crippen molar-refractivity contribution >= 4 is 11.8 Å². The maximum atomic E-state index is 11.6. The lowest BCUT2D eigenvalue weighted by Gasteiger charge is -2.20. The first-order valence-corrected chi connectivity index (χ1v) is 7.27. The maximum absolute atomic E-state index is 11.6. The van der Waals surface area contributed by atoms with E-state index < -0.39 is 0 Å². The topological polar surface area (TPSA) is 78.3 Å². The van der Waals surface area contributed by atoms with E-state index in [1.54, 1.807) is 12.3 Å². The summed E-state index contributed by atoms with van der Waals surface area (Å²) < 4.78 is 5.03. The van der Waals surface area contributed by atoms with E-state index in [2.05, 4.69) is 21.3 Å². The molecule has 0 spiro atoms. The Bertz CT molecular complexity index is 552. The number of cyclic esters (lactones) is 1. The summed E-state index contributed by atoms with van der Waals surface area (Å²) in [6.07, 6.45) is 3.46. The molecule has 0 unspecified atom stereocenters. The molecule has 0 aromatic carbocycles. The van der Waals surface area contributed by atoms with Crippen LogP contribution in [0.15, 0.2) is 18.3 Å². The number of likely N-dealkylation sites (tertiary alicyclic amines) is 1. The highest BCUT2D eigenvalue weighted by molar-refractivity contribution is 5.77. The van der Waals surface area contributed by atoms with E-state index in [4.69, 9.17) is 10.00 Å². The molecular formula is C15H18N4O2. The summed E-state index contributed by atoms with van der Waals surface area (Å²) in [5.41, 5.74) is 0.562. The molecule has 110 valence electrons. The summed E-state index contributed by atoms with van der Waals surface area (Å²) in [7, 11) is 0. The molecule has 0 saturated carbocycles. The number of esters is 1. The van der Waals surface area contributed by atoms with Gasteiger partial charge in [-0.15, -0.1) is 0 Å². The number of pyridine rings is 1. The second-order valence-corrected chi connectivity index (χ2v) is 5.55. The van der Waals surface area contributed by atoms with Gasteiger partial charge >= 0.3 is 5.97 Å². The number of nitrogens with zero attached hydrogens (tertiary/aromatic N) is 3. The molecule has 2 saturated heterocycles. The second-order valence-electron chi connectivity index (χ2n) is 5.55. The minimum atomic E-state index is -0.0719. The van der Waals surface area contributed by atoms with E-state index >= 15 is 0 Å². The van der Waals surface area contributed by atoms with E-state index in [0.717, 1.165) is 38.3 Å². The fourth-order valence-electron chi connectivity index (χ4n) is 2.94. The lowest BCUT2D eigenvalue weighted by atomic mass is 10.1. The zero-order chi connectivity index (χ0) is 14.7. The number of nitrogens with one attached hydrogen (secondary N) is 1. The molecule has 0 amide bonds. The highest BCUT2D eigenvalue weighted by atomic mass is 16.5. The number of carbonyl (C=O) groups is 1. The van der Waals surface area contributed by atoms with E-state index in [0.29, 0.717) is 18.1 Å². The van der Waals surface area contributed by atoms with Gasteiger partial charge in [0, 0.05) is 25.7 Å². The van der Waals surface area contributed by atoms with Crippen molar-refractivity contribution in [2.75, 3.05) is 31.6 Å². The highest BCUT2D eigenvalue weighted by Crippen LogP contribution is 2.23. The van der Waals surface area contributed by atoms with Crippen molar-refractivity contribution < 1.29 is 9.53 Å². The number of aromatic nitrogens is 1. The van der Waals surface area contributed by atoms with Crippen molar-refractivity contribution in [2.45, 2.75) is 18.9 Å². The van der Waals surface area contributed by atoms with Crippen LogP contribution in [-0.2, 0) is 9.53 Å². The number of rotatable bonds is 4. The third-order valence-electron chi connectivity index (χ3n) is 4.13. The van der Waals surface area contributed by atoms with Crippen LogP contribution in [0.1, 0.15) is 18.4 Å². The van der Waals surface area contributed by atoms with Crippen LogP contribution in [-0.4, -0.2) is 48.1 Å². The SMILES string of the molecule is N#Cc1ccc(NC[C@@H]2CCN([C@H]3CCOC3=O)C2)nc1. The molecule has 2 fully saturated rings. The number of ether oxygens (including phenoxy) is 1. The lowest BCUT2D eigenvalue weighted by Crippen LogP contribution is -2.37. The Morgan fingerprint density at radius 3 is 3.05 bits per heavy atom. The predicted molar refractivity (Wildman–Crippen MR) is 76.5 cm³/mol. The molecule has 21 heavy (non-hydrogen) atoms. The summed E-state index contributed by atoms with van der Waals surface area (Å²) in [5.74, 6) is 1.22. The number of hydrogen-bond acceptors (Lipinski definition) is 6. The number of anilines is 1. The first-order chi connectivity index (χ1) is 10.3. The van der Waals surface area contributed by atoms with Gasteiger partial charge in [0.15, 0.2) is 0 Å². The standard InChI is InChI=1S/C15H18N4O2/c16-7-11-1-2-14(17-8-11)18-9-12-3-5-19(10-12)13-4-6-21-15(13)20/h1-2,8,12-13H,3-6,9-10H2,(H,17,18)/t12-,13-/m0/s1. The minimum Gasteiger partial charge on any atom is -0.464 e. The van der Waals surface area contributed by atoms with E-state index in [1.807, 2.05) is 6.07 Å². The van der Waals surface area contributed by atoms with Crippen molar-refractivity contribution in [1.29, 1.82) is 5.26 Å². The van der Waals surface area contributed by atoms with Crippen LogP contribution in [0.2, 0.25) is 0 Å². The Morgan fingerprint density at radius 2 is 2.38 bits per heavy atom. The zero-order valence-corrected chi connectivity index (χ0v) is 11.8. The van der Waals surface area contributed by atoms with Crippen LogP contribution in [0.5, 0.6) is 0 Å². The van der Waals surface area contributed by atoms with Crippen molar-refractivity contribution in [3.8, 4) is 6.07 Å². The smallest absolute Gasteiger partial charge is 0.323 e. The first kappa shape index (κ1) is 13.8. The van der Waals surface area contributed by atoms with Crippen LogP contribution >= 0.6 is 0 Å². The van der Waals surface area contributed by atoms with Crippen LogP contribution in [0, 0.1) is 17.2 Å². The number of nitriles is 1. The monoisotopic (exact) mass is 286 g/mol. The average molecular weight is 286 g/mol. The average Bonchev–Trinajstić information content (AvgIpc) is 3.14. The number of hydrogen-bond donors (Lipinski definition) is 1. The van der Waals surface area contributed by atoms with Gasteiger partial charge in [-0.2, -0.15) is 5.26 Å². The van der Waals surface area contributed by atoms with Gasteiger partial charge in [0.1, 0.15) is 17.9 Å². The minimum absolute atomic E-state index is 0.0389. The molecule has 6 heteroatoms. The maximum Gasteiger partial charge on any atom is 0.323 e. The molecule has 2 atom stereocenters. The van der Waals surface area contributed by atoms with E-state index in [1.165, 1.54) is 0 Å². The second kappa shape index (κ2) is 6.10. The summed E-state index contributed by atoms with van der Waals surface area (Å²) in [6.45, 7) is 3.26. The quantitative estimate of drug-likeness (QED) is 0.832. The van der Waals surface area contributed by atoms with Crippen LogP contribution in [0.25, 0.3) is 0 Å². The molecule has 0 aliphatic carbocycles.